The van der Waals surface area contributed by atoms with Crippen LogP contribution in [-0.4, -0.2) is 0 Å². The Bertz CT molecular complexity index is 236. The van der Waals surface area contributed by atoms with Gasteiger partial charge in [-0.05, 0) is 36.3 Å². The van der Waals surface area contributed by atoms with Gasteiger partial charge in [0.05, 0.1) is 6.26 Å². The predicted molar refractivity (Wildman–Crippen MR) is 38.8 cm³/mol. The molecule has 0 unspecified atom stereocenters. The molecule has 1 aromatic rings. The van der Waals surface area contributed by atoms with E-state index in [0.717, 1.165) is 12.2 Å². The topological polar surface area (TPSA) is 9.23 Å². The van der Waals surface area contributed by atoms with Crippen LogP contribution in [0.4, 0.5) is 0 Å². The van der Waals surface area contributed by atoms with Crippen LogP contribution in [0.15, 0.2) is 30.5 Å². The second-order valence-electron chi connectivity index (χ2n) is 2.23. The molecule has 0 atom stereocenters. The Kier molecular flexibility index (Phi) is 1.21. The summed E-state index contributed by atoms with van der Waals surface area (Å²) in [5.41, 5.74) is 1.21. The van der Waals surface area contributed by atoms with Crippen LogP contribution in [0.1, 0.15) is 5.56 Å². The van der Waals surface area contributed by atoms with Gasteiger partial charge in [-0.2, -0.15) is 0 Å². The molecule has 0 aliphatic carbocycles. The lowest BCUT2D eigenvalue weighted by molar-refractivity contribution is 0.464. The van der Waals surface area contributed by atoms with E-state index in [1.807, 2.05) is 24.3 Å². The molecule has 0 spiro atoms. The van der Waals surface area contributed by atoms with Gasteiger partial charge in [0.1, 0.15) is 5.75 Å². The molecule has 1 nitrogen and oxygen atoms in total. The third kappa shape index (κ3) is 0.798. The molecular formula is C9H7O. The van der Waals surface area contributed by atoms with E-state index in [1.54, 1.807) is 6.26 Å². The van der Waals surface area contributed by atoms with Crippen molar-refractivity contribution < 1.29 is 4.74 Å². The number of allylic oxidation sites excluding steroid dienone is 1. The molecular weight excluding hydrogens is 124 g/mol. The fraction of sp³-hybridized carbons (Fsp3) is 0.111. The van der Waals surface area contributed by atoms with Crippen molar-refractivity contribution in [3.8, 4) is 5.75 Å². The largest absolute Gasteiger partial charge is 0.465 e. The van der Waals surface area contributed by atoms with Crippen LogP contribution in [0.25, 0.3) is 0 Å². The number of hydrogen-bond donors (Lipinski definition) is 0. The number of benzene rings is 1. The summed E-state index contributed by atoms with van der Waals surface area (Å²) in [6.45, 7) is 0. The molecule has 1 aliphatic heterocycles. The van der Waals surface area contributed by atoms with Gasteiger partial charge in [0, 0.05) is 0 Å². The highest BCUT2D eigenvalue weighted by molar-refractivity contribution is 5.36. The summed E-state index contributed by atoms with van der Waals surface area (Å²) < 4.78 is 5.22. The van der Waals surface area contributed by atoms with Crippen molar-refractivity contribution >= 4 is 0 Å². The quantitative estimate of drug-likeness (QED) is 0.522. The van der Waals surface area contributed by atoms with E-state index in [4.69, 9.17) is 4.74 Å². The summed E-state index contributed by atoms with van der Waals surface area (Å²) in [6, 6.07) is 8.75. The molecule has 1 aromatic carbocycles. The first kappa shape index (κ1) is 5.54. The molecule has 0 bridgehead atoms. The Morgan fingerprint density at radius 3 is 3.40 bits per heavy atom. The highest BCUT2D eigenvalue weighted by Crippen LogP contribution is 2.21. The maximum Gasteiger partial charge on any atom is 0.130 e. The number of hydrogen-bond acceptors (Lipinski definition) is 1. The molecule has 1 aliphatic rings. The molecule has 49 valence electrons. The summed E-state index contributed by atoms with van der Waals surface area (Å²) in [5.74, 6) is 0.959. The van der Waals surface area contributed by atoms with E-state index in [2.05, 4.69) is 6.07 Å². The van der Waals surface area contributed by atoms with E-state index in [9.17, 15) is 0 Å². The fourth-order valence-electron chi connectivity index (χ4n) is 1.02. The third-order valence-electron chi connectivity index (χ3n) is 1.53. The molecule has 1 radical (unpaired) electrons. The van der Waals surface area contributed by atoms with Gasteiger partial charge in [-0.1, -0.05) is 6.07 Å². The maximum absolute atomic E-state index is 5.22. The third-order valence-corrected chi connectivity index (χ3v) is 1.53. The van der Waals surface area contributed by atoms with Crippen LogP contribution in [0, 0.1) is 6.07 Å². The monoisotopic (exact) mass is 131 g/mol. The first-order chi connectivity index (χ1) is 4.97. The van der Waals surface area contributed by atoms with Crippen LogP contribution >= 0.6 is 0 Å². The van der Waals surface area contributed by atoms with Gasteiger partial charge in [0.25, 0.3) is 0 Å². The van der Waals surface area contributed by atoms with Gasteiger partial charge in [0.15, 0.2) is 0 Å². The highest BCUT2D eigenvalue weighted by atomic mass is 16.5. The molecule has 0 fully saturated rings. The van der Waals surface area contributed by atoms with Gasteiger partial charge in [-0.15, -0.1) is 0 Å². The van der Waals surface area contributed by atoms with Crippen molar-refractivity contribution in [3.63, 3.8) is 0 Å². The second-order valence-corrected chi connectivity index (χ2v) is 2.23. The van der Waals surface area contributed by atoms with Gasteiger partial charge in [-0.25, -0.2) is 0 Å². The Hall–Kier alpha value is -1.24. The molecule has 0 N–H and O–H groups in total. The van der Waals surface area contributed by atoms with Crippen molar-refractivity contribution in [2.24, 2.45) is 0 Å². The fourth-order valence-corrected chi connectivity index (χ4v) is 1.02. The lowest BCUT2D eigenvalue weighted by atomic mass is 10.1. The van der Waals surface area contributed by atoms with Crippen molar-refractivity contribution in [1.29, 1.82) is 0 Å². The van der Waals surface area contributed by atoms with E-state index in [1.165, 1.54) is 5.56 Å². The van der Waals surface area contributed by atoms with Crippen molar-refractivity contribution in [2.75, 3.05) is 0 Å². The summed E-state index contributed by atoms with van der Waals surface area (Å²) in [5, 5.41) is 0. The van der Waals surface area contributed by atoms with E-state index >= 15 is 0 Å². The Morgan fingerprint density at radius 1 is 1.50 bits per heavy atom. The lowest BCUT2D eigenvalue weighted by Crippen LogP contribution is -1.94. The number of fused-ring (bicyclic) bond motifs is 1. The SMILES string of the molecule is [c]1ccc2c(c1)CC=CO2. The van der Waals surface area contributed by atoms with Crippen molar-refractivity contribution in [2.45, 2.75) is 6.42 Å². The highest BCUT2D eigenvalue weighted by Gasteiger charge is 2.02. The van der Waals surface area contributed by atoms with Gasteiger partial charge >= 0.3 is 0 Å². The van der Waals surface area contributed by atoms with Crippen LogP contribution in [0.2, 0.25) is 0 Å². The van der Waals surface area contributed by atoms with Crippen LogP contribution in [-0.2, 0) is 6.42 Å². The summed E-state index contributed by atoms with van der Waals surface area (Å²) in [6.07, 6.45) is 4.69. The molecule has 0 saturated carbocycles. The van der Waals surface area contributed by atoms with Crippen LogP contribution in [0.5, 0.6) is 5.75 Å². The van der Waals surface area contributed by atoms with Crippen LogP contribution < -0.4 is 4.74 Å². The molecule has 10 heavy (non-hydrogen) atoms. The first-order valence-electron chi connectivity index (χ1n) is 3.27. The van der Waals surface area contributed by atoms with Gasteiger partial charge in [-0.3, -0.25) is 0 Å². The first-order valence-corrected chi connectivity index (χ1v) is 3.27. The number of rotatable bonds is 0. The van der Waals surface area contributed by atoms with E-state index in [0.29, 0.717) is 0 Å². The minimum Gasteiger partial charge on any atom is -0.465 e. The predicted octanol–water partition coefficient (Wildman–Crippen LogP) is 1.94. The van der Waals surface area contributed by atoms with Crippen molar-refractivity contribution in [3.05, 3.63) is 42.2 Å². The van der Waals surface area contributed by atoms with Gasteiger partial charge in [0.2, 0.25) is 0 Å². The lowest BCUT2D eigenvalue weighted by Gasteiger charge is -2.09. The Morgan fingerprint density at radius 2 is 2.50 bits per heavy atom. The van der Waals surface area contributed by atoms with E-state index < -0.39 is 0 Å². The standard InChI is InChI=1S/C9H7O/c1-2-6-9-8(4-1)5-3-7-10-9/h2-4,6-7H,5H2. The maximum atomic E-state index is 5.22. The molecule has 0 amide bonds. The summed E-state index contributed by atoms with van der Waals surface area (Å²) in [4.78, 5) is 0. The molecule has 0 aromatic heterocycles. The van der Waals surface area contributed by atoms with E-state index in [-0.39, 0.29) is 0 Å². The second kappa shape index (κ2) is 2.18. The zero-order valence-electron chi connectivity index (χ0n) is 5.50. The minimum atomic E-state index is 0.959. The van der Waals surface area contributed by atoms with Gasteiger partial charge < -0.3 is 4.74 Å². The zero-order chi connectivity index (χ0) is 6.81. The Balaban J connectivity index is 2.47. The molecule has 2 rings (SSSR count). The minimum absolute atomic E-state index is 0.959. The molecule has 1 heteroatoms. The Labute approximate surface area is 59.9 Å². The molecule has 1 heterocycles. The average molecular weight is 131 g/mol. The zero-order valence-corrected chi connectivity index (χ0v) is 5.50. The van der Waals surface area contributed by atoms with Crippen LogP contribution in [0.3, 0.4) is 0 Å². The van der Waals surface area contributed by atoms with Crippen molar-refractivity contribution in [1.82, 2.24) is 0 Å². The smallest absolute Gasteiger partial charge is 0.130 e. The summed E-state index contributed by atoms with van der Waals surface area (Å²) >= 11 is 0. The summed E-state index contributed by atoms with van der Waals surface area (Å²) in [7, 11) is 0. The normalized spacial score (nSPS) is 14.0. The number of ether oxygens (including phenoxy) is 1. The average Bonchev–Trinajstić information content (AvgIpc) is 2.05. The molecule has 0 saturated heterocycles.